The number of nitrogens with zero attached hydrogens (tertiary/aromatic N) is 3. The van der Waals surface area contributed by atoms with E-state index in [1.807, 2.05) is 0 Å². The number of amides is 1. The molecule has 1 aromatic carbocycles. The van der Waals surface area contributed by atoms with Crippen LogP contribution in [0.25, 0.3) is 0 Å². The number of hydrogen-bond donors (Lipinski definition) is 2. The van der Waals surface area contributed by atoms with Crippen LogP contribution in [0.2, 0.25) is 0 Å². The van der Waals surface area contributed by atoms with Crippen LogP contribution in [0.15, 0.2) is 39.4 Å². The maximum atomic E-state index is 11.9. The van der Waals surface area contributed by atoms with E-state index in [9.17, 15) is 13.2 Å². The van der Waals surface area contributed by atoms with Crippen LogP contribution >= 0.6 is 12.2 Å². The van der Waals surface area contributed by atoms with E-state index in [2.05, 4.69) is 15.7 Å². The summed E-state index contributed by atoms with van der Waals surface area (Å²) in [5.74, 6) is -0.733. The molecule has 1 aliphatic rings. The molecule has 0 aliphatic carbocycles. The topological polar surface area (TPSA) is 111 Å². The molecule has 0 unspecified atom stereocenters. The number of nitrogens with one attached hydrogen (secondary N) is 1. The molecule has 20 heavy (non-hydrogen) atoms. The van der Waals surface area contributed by atoms with Crippen LogP contribution in [0.5, 0.6) is 0 Å². The average molecular weight is 323 g/mol. The number of hydrogen-bond acceptors (Lipinski definition) is 5. The first kappa shape index (κ1) is 17.1. The monoisotopic (exact) mass is 323 g/mol. The van der Waals surface area contributed by atoms with Crippen molar-refractivity contribution in [2.24, 2.45) is 10.2 Å². The Morgan fingerprint density at radius 1 is 1.40 bits per heavy atom. The van der Waals surface area contributed by atoms with Crippen LogP contribution in [-0.2, 0) is 10.1 Å². The Morgan fingerprint density at radius 3 is 2.60 bits per heavy atom. The van der Waals surface area contributed by atoms with Crippen molar-refractivity contribution < 1.29 is 17.8 Å². The van der Waals surface area contributed by atoms with E-state index in [-0.39, 0.29) is 46.9 Å². The second kappa shape index (κ2) is 6.70. The van der Waals surface area contributed by atoms with Crippen molar-refractivity contribution in [2.75, 3.05) is 6.67 Å². The Morgan fingerprint density at radius 2 is 2.05 bits per heavy atom. The van der Waals surface area contributed by atoms with Crippen LogP contribution in [0.4, 0.5) is 0 Å². The zero-order chi connectivity index (χ0) is 14.0. The second-order valence-corrected chi connectivity index (χ2v) is 5.26. The van der Waals surface area contributed by atoms with Gasteiger partial charge < -0.3 is 0 Å². The Bertz CT molecular complexity index is 676. The summed E-state index contributed by atoms with van der Waals surface area (Å²) in [5.41, 5.74) is 2.15. The van der Waals surface area contributed by atoms with E-state index in [4.69, 9.17) is 16.8 Å². The van der Waals surface area contributed by atoms with Crippen molar-refractivity contribution in [2.45, 2.75) is 4.90 Å². The minimum absolute atomic E-state index is 0. The van der Waals surface area contributed by atoms with Gasteiger partial charge in [-0.25, -0.2) is 5.01 Å². The molecular weight excluding hydrogens is 315 g/mol. The number of rotatable bonds is 3. The molecule has 0 saturated heterocycles. The van der Waals surface area contributed by atoms with Gasteiger partial charge in [-0.1, -0.05) is 12.1 Å². The van der Waals surface area contributed by atoms with Crippen molar-refractivity contribution >= 4 is 62.9 Å². The maximum Gasteiger partial charge on any atom is 0.295 e. The summed E-state index contributed by atoms with van der Waals surface area (Å²) < 4.78 is 31.4. The smallest absolute Gasteiger partial charge is 0.282 e. The van der Waals surface area contributed by atoms with Crippen molar-refractivity contribution in [1.82, 2.24) is 10.4 Å². The molecule has 0 bridgehead atoms. The molecule has 1 aromatic rings. The van der Waals surface area contributed by atoms with E-state index in [1.165, 1.54) is 23.2 Å². The number of benzene rings is 1. The van der Waals surface area contributed by atoms with Crippen molar-refractivity contribution in [3.05, 3.63) is 29.8 Å². The number of hydrazine groups is 1. The van der Waals surface area contributed by atoms with Gasteiger partial charge in [-0.05, 0) is 24.4 Å². The van der Waals surface area contributed by atoms with Crippen LogP contribution in [-0.4, -0.2) is 65.2 Å². The maximum absolute atomic E-state index is 11.9. The van der Waals surface area contributed by atoms with Crippen molar-refractivity contribution in [3.63, 3.8) is 0 Å². The molecular formula is C9H8N4NaO4S2. The fourth-order valence-electron chi connectivity index (χ4n) is 1.41. The van der Waals surface area contributed by atoms with E-state index in [0.717, 1.165) is 6.07 Å². The van der Waals surface area contributed by atoms with Crippen LogP contribution in [0, 0.1) is 0 Å². The zero-order valence-electron chi connectivity index (χ0n) is 10.3. The Kier molecular flexibility index (Phi) is 5.74. The third-order valence-electron chi connectivity index (χ3n) is 2.24. The molecule has 11 heteroatoms. The fourth-order valence-corrected chi connectivity index (χ4v) is 2.27. The van der Waals surface area contributed by atoms with Gasteiger partial charge >= 0.3 is 0 Å². The molecule has 1 radical (unpaired) electrons. The van der Waals surface area contributed by atoms with E-state index in [1.54, 1.807) is 0 Å². The molecule has 2 N–H and O–H groups in total. The van der Waals surface area contributed by atoms with Gasteiger partial charge in [-0.2, -0.15) is 13.5 Å². The summed E-state index contributed by atoms with van der Waals surface area (Å²) in [4.78, 5) is 11.5. The summed E-state index contributed by atoms with van der Waals surface area (Å²) in [6.07, 6.45) is 0. The van der Waals surface area contributed by atoms with Gasteiger partial charge in [0.1, 0.15) is 4.90 Å². The number of azo groups is 1. The molecule has 0 spiro atoms. The van der Waals surface area contributed by atoms with E-state index >= 15 is 0 Å². The molecule has 101 valence electrons. The van der Waals surface area contributed by atoms with E-state index < -0.39 is 20.9 Å². The normalized spacial score (nSPS) is 14.1. The number of carbonyl (C=O) groups excluding carboxylic acids is 1. The molecule has 1 aliphatic heterocycles. The largest absolute Gasteiger partial charge is 0.295 e. The quantitative estimate of drug-likeness (QED) is 0.467. The Hall–Kier alpha value is -0.910. The first-order valence-electron chi connectivity index (χ1n) is 4.96. The summed E-state index contributed by atoms with van der Waals surface area (Å²) in [7, 11) is -4.48. The van der Waals surface area contributed by atoms with Gasteiger partial charge in [0.05, 0.1) is 5.56 Å². The summed E-state index contributed by atoms with van der Waals surface area (Å²) in [6, 6.07) is 5.26. The molecule has 1 heterocycles. The zero-order valence-corrected chi connectivity index (χ0v) is 14.0. The minimum atomic E-state index is -4.48. The van der Waals surface area contributed by atoms with Crippen molar-refractivity contribution in [1.29, 1.82) is 0 Å². The number of carbonyl (C=O) groups is 1. The van der Waals surface area contributed by atoms with Gasteiger partial charge in [0, 0.05) is 29.6 Å². The van der Waals surface area contributed by atoms with Crippen molar-refractivity contribution in [3.8, 4) is 0 Å². The SMILES string of the molecule is O=C(NN1CN=NC1=S)c1ccccc1S(=O)(=O)O.[Na]. The van der Waals surface area contributed by atoms with Crippen LogP contribution in [0.3, 0.4) is 0 Å². The Labute approximate surface area is 142 Å². The van der Waals surface area contributed by atoms with Crippen LogP contribution in [0.1, 0.15) is 10.4 Å². The first-order valence-corrected chi connectivity index (χ1v) is 6.81. The summed E-state index contributed by atoms with van der Waals surface area (Å²) in [6.45, 7) is 0.0542. The Balaban J connectivity index is 0.00000200. The molecule has 8 nitrogen and oxygen atoms in total. The fraction of sp³-hybridized carbons (Fsp3) is 0.111. The van der Waals surface area contributed by atoms with E-state index in [0.29, 0.717) is 0 Å². The van der Waals surface area contributed by atoms with Gasteiger partial charge in [-0.3, -0.25) is 14.8 Å². The molecule has 1 amide bonds. The molecule has 2 rings (SSSR count). The predicted molar refractivity (Wildman–Crippen MR) is 73.6 cm³/mol. The van der Waals surface area contributed by atoms with Gasteiger partial charge in [-0.15, -0.1) is 5.11 Å². The van der Waals surface area contributed by atoms with Crippen LogP contribution < -0.4 is 5.43 Å². The minimum Gasteiger partial charge on any atom is -0.282 e. The molecule has 0 aromatic heterocycles. The molecule has 0 fully saturated rings. The van der Waals surface area contributed by atoms with Gasteiger partial charge in [0.25, 0.3) is 16.0 Å². The number of thiocarbonyl (C=S) groups is 1. The second-order valence-electron chi connectivity index (χ2n) is 3.51. The molecule has 0 atom stereocenters. The van der Waals surface area contributed by atoms with Gasteiger partial charge in [0.2, 0.25) is 5.11 Å². The summed E-state index contributed by atoms with van der Waals surface area (Å²) >= 11 is 4.80. The third-order valence-corrected chi connectivity index (χ3v) is 3.45. The summed E-state index contributed by atoms with van der Waals surface area (Å²) in [5, 5.41) is 8.37. The third kappa shape index (κ3) is 3.81. The first-order chi connectivity index (χ1) is 8.89. The van der Waals surface area contributed by atoms with Gasteiger partial charge in [0.15, 0.2) is 6.67 Å². The molecule has 0 saturated carbocycles. The predicted octanol–water partition coefficient (Wildman–Crippen LogP) is 0.207. The standard InChI is InChI=1S/C9H8N4O4S2.Na/c14-8(12-13-5-10-11-9(13)18)6-3-1-2-4-7(6)19(15,16)17;/h1-4H,5H2,(H,12,14)(H,15,16,17);. The average Bonchev–Trinajstić information content (AvgIpc) is 2.74.